The van der Waals surface area contributed by atoms with Crippen LogP contribution < -0.4 is 0 Å². The highest BCUT2D eigenvalue weighted by Crippen LogP contribution is 2.19. The van der Waals surface area contributed by atoms with Gasteiger partial charge in [-0.25, -0.2) is 8.42 Å². The van der Waals surface area contributed by atoms with Crippen LogP contribution in [0.4, 0.5) is 5.69 Å². The van der Waals surface area contributed by atoms with Gasteiger partial charge in [0.1, 0.15) is 0 Å². The predicted octanol–water partition coefficient (Wildman–Crippen LogP) is 2.55. The zero-order valence-corrected chi connectivity index (χ0v) is 9.75. The SMILES string of the molecule is CC.O=[N+]([O-])c1cccc(S(=O)(=O)Cl)c1. The molecule has 0 aliphatic rings. The fraction of sp³-hybridized carbons (Fsp3) is 0.250. The van der Waals surface area contributed by atoms with Crippen molar-refractivity contribution in [3.05, 3.63) is 34.4 Å². The highest BCUT2D eigenvalue weighted by molar-refractivity contribution is 8.13. The van der Waals surface area contributed by atoms with Crippen LogP contribution >= 0.6 is 10.7 Å². The molecule has 0 radical (unpaired) electrons. The van der Waals surface area contributed by atoms with Crippen molar-refractivity contribution in [1.29, 1.82) is 0 Å². The third kappa shape index (κ3) is 4.26. The maximum atomic E-state index is 10.8. The number of nitrogens with zero attached hydrogens (tertiary/aromatic N) is 1. The van der Waals surface area contributed by atoms with Gasteiger partial charge >= 0.3 is 0 Å². The van der Waals surface area contributed by atoms with Crippen LogP contribution in [0.2, 0.25) is 0 Å². The minimum atomic E-state index is -3.89. The van der Waals surface area contributed by atoms with E-state index in [4.69, 9.17) is 10.7 Å². The molecule has 15 heavy (non-hydrogen) atoms. The third-order valence-electron chi connectivity index (χ3n) is 1.31. The second kappa shape index (κ2) is 5.67. The molecule has 1 aromatic rings. The molecule has 0 amide bonds. The van der Waals surface area contributed by atoms with Crippen molar-refractivity contribution >= 4 is 25.4 Å². The molecular weight excluding hydrogens is 242 g/mol. The molecule has 84 valence electrons. The summed E-state index contributed by atoms with van der Waals surface area (Å²) >= 11 is 0. The number of hydrogen-bond acceptors (Lipinski definition) is 4. The first-order valence-corrected chi connectivity index (χ1v) is 6.41. The summed E-state index contributed by atoms with van der Waals surface area (Å²) in [5.74, 6) is 0. The lowest BCUT2D eigenvalue weighted by atomic mass is 10.3. The number of hydrogen-bond donors (Lipinski definition) is 0. The third-order valence-corrected chi connectivity index (χ3v) is 2.66. The Labute approximate surface area is 92.3 Å². The molecule has 0 saturated heterocycles. The number of nitro groups is 1. The Bertz CT molecular complexity index is 444. The van der Waals surface area contributed by atoms with Crippen molar-refractivity contribution in [1.82, 2.24) is 0 Å². The quantitative estimate of drug-likeness (QED) is 0.460. The number of nitro benzene ring substituents is 1. The molecule has 0 spiro atoms. The molecule has 0 aliphatic heterocycles. The average molecular weight is 252 g/mol. The number of benzene rings is 1. The topological polar surface area (TPSA) is 77.3 Å². The Morgan fingerprint density at radius 2 is 1.87 bits per heavy atom. The standard InChI is InChI=1S/C6H4ClNO4S.C2H6/c7-13(11,12)6-3-1-2-5(4-6)8(9)10;1-2/h1-4H;1-2H3. The normalized spacial score (nSPS) is 10.1. The van der Waals surface area contributed by atoms with Crippen LogP contribution in [-0.2, 0) is 9.05 Å². The van der Waals surface area contributed by atoms with E-state index in [1.807, 2.05) is 13.8 Å². The van der Waals surface area contributed by atoms with E-state index >= 15 is 0 Å². The minimum Gasteiger partial charge on any atom is -0.258 e. The van der Waals surface area contributed by atoms with E-state index < -0.39 is 14.0 Å². The molecule has 0 bridgehead atoms. The highest BCUT2D eigenvalue weighted by Gasteiger charge is 2.13. The number of halogens is 1. The second-order valence-electron chi connectivity index (χ2n) is 2.19. The first kappa shape index (κ1) is 13.9. The molecule has 0 unspecified atom stereocenters. The fourth-order valence-electron chi connectivity index (χ4n) is 0.749. The lowest BCUT2D eigenvalue weighted by Gasteiger charge is -1.94. The van der Waals surface area contributed by atoms with Crippen LogP contribution in [0.15, 0.2) is 29.2 Å². The van der Waals surface area contributed by atoms with Crippen molar-refractivity contribution in [3.8, 4) is 0 Å². The first-order chi connectivity index (χ1) is 6.91. The lowest BCUT2D eigenvalue weighted by Crippen LogP contribution is -1.93. The summed E-state index contributed by atoms with van der Waals surface area (Å²) < 4.78 is 21.5. The molecule has 5 nitrogen and oxygen atoms in total. The summed E-state index contributed by atoms with van der Waals surface area (Å²) in [5, 5.41) is 10.2. The maximum Gasteiger partial charge on any atom is 0.270 e. The fourth-order valence-corrected chi connectivity index (χ4v) is 1.54. The van der Waals surface area contributed by atoms with E-state index in [1.165, 1.54) is 18.2 Å². The Hall–Kier alpha value is -1.14. The lowest BCUT2D eigenvalue weighted by molar-refractivity contribution is -0.385. The molecule has 1 aromatic carbocycles. The van der Waals surface area contributed by atoms with Crippen molar-refractivity contribution < 1.29 is 13.3 Å². The monoisotopic (exact) mass is 251 g/mol. The number of rotatable bonds is 2. The van der Waals surface area contributed by atoms with Gasteiger partial charge in [0.25, 0.3) is 14.7 Å². The molecular formula is C8H10ClNO4S. The second-order valence-corrected chi connectivity index (χ2v) is 4.76. The van der Waals surface area contributed by atoms with Gasteiger partial charge in [-0.05, 0) is 6.07 Å². The molecule has 0 aromatic heterocycles. The van der Waals surface area contributed by atoms with Crippen molar-refractivity contribution in [3.63, 3.8) is 0 Å². The van der Waals surface area contributed by atoms with Gasteiger partial charge in [0.15, 0.2) is 0 Å². The largest absolute Gasteiger partial charge is 0.270 e. The van der Waals surface area contributed by atoms with Crippen molar-refractivity contribution in [2.24, 2.45) is 0 Å². The van der Waals surface area contributed by atoms with Crippen LogP contribution in [0.5, 0.6) is 0 Å². The maximum absolute atomic E-state index is 10.8. The zero-order chi connectivity index (χ0) is 12.1. The van der Waals surface area contributed by atoms with Gasteiger partial charge in [-0.15, -0.1) is 0 Å². The minimum absolute atomic E-state index is 0.275. The summed E-state index contributed by atoms with van der Waals surface area (Å²) in [6.07, 6.45) is 0. The molecule has 1 rings (SSSR count). The van der Waals surface area contributed by atoms with E-state index in [0.29, 0.717) is 0 Å². The average Bonchev–Trinajstić information content (AvgIpc) is 2.20. The van der Waals surface area contributed by atoms with Crippen molar-refractivity contribution in [2.45, 2.75) is 18.7 Å². The van der Waals surface area contributed by atoms with Crippen LogP contribution in [-0.4, -0.2) is 13.3 Å². The van der Waals surface area contributed by atoms with Gasteiger partial charge < -0.3 is 0 Å². The van der Waals surface area contributed by atoms with Gasteiger partial charge in [-0.2, -0.15) is 0 Å². The summed E-state index contributed by atoms with van der Waals surface area (Å²) in [4.78, 5) is 9.28. The Kier molecular flexibility index (Phi) is 5.24. The zero-order valence-electron chi connectivity index (χ0n) is 8.18. The van der Waals surface area contributed by atoms with Gasteiger partial charge in [0, 0.05) is 22.8 Å². The highest BCUT2D eigenvalue weighted by atomic mass is 35.7. The van der Waals surface area contributed by atoms with E-state index in [1.54, 1.807) is 0 Å². The van der Waals surface area contributed by atoms with E-state index in [2.05, 4.69) is 0 Å². The molecule has 7 heteroatoms. The number of non-ortho nitro benzene ring substituents is 1. The smallest absolute Gasteiger partial charge is 0.258 e. The Morgan fingerprint density at radius 1 is 1.33 bits per heavy atom. The Balaban J connectivity index is 0.000000921. The molecule has 0 aliphatic carbocycles. The summed E-state index contributed by atoms with van der Waals surface area (Å²) in [5.41, 5.74) is -0.304. The van der Waals surface area contributed by atoms with Crippen LogP contribution in [0.1, 0.15) is 13.8 Å². The molecule has 0 atom stereocenters. The van der Waals surface area contributed by atoms with Gasteiger partial charge in [0.05, 0.1) is 9.82 Å². The Morgan fingerprint density at radius 3 is 2.27 bits per heavy atom. The molecule has 0 heterocycles. The van der Waals surface area contributed by atoms with Gasteiger partial charge in [-0.3, -0.25) is 10.1 Å². The van der Waals surface area contributed by atoms with Crippen molar-refractivity contribution in [2.75, 3.05) is 0 Å². The van der Waals surface area contributed by atoms with E-state index in [0.717, 1.165) is 6.07 Å². The molecule has 0 N–H and O–H groups in total. The molecule has 0 saturated carbocycles. The first-order valence-electron chi connectivity index (χ1n) is 4.10. The summed E-state index contributed by atoms with van der Waals surface area (Å²) in [6, 6.07) is 4.54. The van der Waals surface area contributed by atoms with Gasteiger partial charge in [-0.1, -0.05) is 19.9 Å². The summed E-state index contributed by atoms with van der Waals surface area (Å²) in [7, 11) is 1.09. The summed E-state index contributed by atoms with van der Waals surface area (Å²) in [6.45, 7) is 4.00. The van der Waals surface area contributed by atoms with Crippen LogP contribution in [0.25, 0.3) is 0 Å². The van der Waals surface area contributed by atoms with Crippen LogP contribution in [0, 0.1) is 10.1 Å². The van der Waals surface area contributed by atoms with Gasteiger partial charge in [0.2, 0.25) is 0 Å². The van der Waals surface area contributed by atoms with E-state index in [9.17, 15) is 18.5 Å². The van der Waals surface area contributed by atoms with Crippen LogP contribution in [0.3, 0.4) is 0 Å². The predicted molar refractivity (Wildman–Crippen MR) is 57.5 cm³/mol. The molecule has 0 fully saturated rings. The van der Waals surface area contributed by atoms with E-state index in [-0.39, 0.29) is 10.6 Å².